The lowest BCUT2D eigenvalue weighted by Gasteiger charge is -2.16. The summed E-state index contributed by atoms with van der Waals surface area (Å²) in [6.07, 6.45) is 3.46. The Morgan fingerprint density at radius 3 is 2.78 bits per heavy atom. The van der Waals surface area contributed by atoms with E-state index in [0.29, 0.717) is 5.69 Å². The van der Waals surface area contributed by atoms with Crippen LogP contribution in [0.4, 0.5) is 0 Å². The molecule has 0 N–H and O–H groups in total. The molecule has 0 saturated heterocycles. The molecule has 0 unspecified atom stereocenters. The van der Waals surface area contributed by atoms with Gasteiger partial charge in [0.2, 0.25) is 0 Å². The van der Waals surface area contributed by atoms with Crippen LogP contribution in [0.5, 0.6) is 0 Å². The molecule has 0 aliphatic carbocycles. The van der Waals surface area contributed by atoms with Gasteiger partial charge in [0.1, 0.15) is 11.8 Å². The van der Waals surface area contributed by atoms with Crippen LogP contribution in [-0.4, -0.2) is 21.9 Å². The number of rotatable bonds is 4. The van der Waals surface area contributed by atoms with Gasteiger partial charge in [-0.25, -0.2) is 4.98 Å². The second-order valence-electron chi connectivity index (χ2n) is 4.15. The Morgan fingerprint density at radius 2 is 2.06 bits per heavy atom. The maximum atomic E-state index is 8.80. The highest BCUT2D eigenvalue weighted by Crippen LogP contribution is 2.07. The van der Waals surface area contributed by atoms with Crippen molar-refractivity contribution in [1.82, 2.24) is 14.9 Å². The summed E-state index contributed by atoms with van der Waals surface area (Å²) in [5.74, 6) is 0. The van der Waals surface area contributed by atoms with Crippen molar-refractivity contribution in [2.45, 2.75) is 13.1 Å². The summed E-state index contributed by atoms with van der Waals surface area (Å²) in [5, 5.41) is 8.80. The van der Waals surface area contributed by atoms with Crippen LogP contribution in [0.1, 0.15) is 17.0 Å². The highest BCUT2D eigenvalue weighted by atomic mass is 15.1. The van der Waals surface area contributed by atoms with E-state index in [2.05, 4.69) is 14.9 Å². The number of hydrogen-bond acceptors (Lipinski definition) is 4. The van der Waals surface area contributed by atoms with Crippen LogP contribution in [0.3, 0.4) is 0 Å². The van der Waals surface area contributed by atoms with E-state index in [0.717, 1.165) is 24.3 Å². The van der Waals surface area contributed by atoms with Crippen molar-refractivity contribution in [3.63, 3.8) is 0 Å². The van der Waals surface area contributed by atoms with Crippen LogP contribution >= 0.6 is 0 Å². The predicted octanol–water partition coefficient (Wildman–Crippen LogP) is 1.98. The molecule has 2 aromatic rings. The van der Waals surface area contributed by atoms with Crippen molar-refractivity contribution in [2.24, 2.45) is 0 Å². The fourth-order valence-electron chi connectivity index (χ4n) is 1.77. The summed E-state index contributed by atoms with van der Waals surface area (Å²) in [7, 11) is 2.03. The Hall–Kier alpha value is -2.25. The van der Waals surface area contributed by atoms with Crippen molar-refractivity contribution in [2.75, 3.05) is 7.05 Å². The lowest BCUT2D eigenvalue weighted by atomic mass is 10.2. The summed E-state index contributed by atoms with van der Waals surface area (Å²) >= 11 is 0. The van der Waals surface area contributed by atoms with Gasteiger partial charge in [-0.2, -0.15) is 5.26 Å². The van der Waals surface area contributed by atoms with E-state index in [4.69, 9.17) is 5.26 Å². The van der Waals surface area contributed by atoms with Crippen LogP contribution in [0, 0.1) is 11.3 Å². The summed E-state index contributed by atoms with van der Waals surface area (Å²) in [6.45, 7) is 1.55. The predicted molar refractivity (Wildman–Crippen MR) is 68.4 cm³/mol. The SMILES string of the molecule is CN(Cc1ccnc(C#N)c1)Cc1ccccn1. The van der Waals surface area contributed by atoms with Gasteiger partial charge in [0, 0.05) is 25.5 Å². The molecule has 0 aliphatic heterocycles. The molecule has 0 aliphatic rings. The second-order valence-corrected chi connectivity index (χ2v) is 4.15. The molecule has 4 nitrogen and oxygen atoms in total. The number of pyridine rings is 2. The Labute approximate surface area is 107 Å². The second kappa shape index (κ2) is 5.89. The third kappa shape index (κ3) is 3.37. The molecule has 90 valence electrons. The van der Waals surface area contributed by atoms with Crippen LogP contribution in [-0.2, 0) is 13.1 Å². The minimum atomic E-state index is 0.457. The number of aromatic nitrogens is 2. The van der Waals surface area contributed by atoms with Crippen LogP contribution < -0.4 is 0 Å². The first-order valence-electron chi connectivity index (χ1n) is 5.71. The molecule has 0 spiro atoms. The normalized spacial score (nSPS) is 10.3. The molecule has 18 heavy (non-hydrogen) atoms. The first-order chi connectivity index (χ1) is 8.78. The zero-order valence-corrected chi connectivity index (χ0v) is 10.2. The molecule has 2 rings (SSSR count). The molecular weight excluding hydrogens is 224 g/mol. The maximum absolute atomic E-state index is 8.80. The van der Waals surface area contributed by atoms with E-state index in [1.807, 2.05) is 43.4 Å². The van der Waals surface area contributed by atoms with Gasteiger partial charge in [-0.3, -0.25) is 9.88 Å². The average molecular weight is 238 g/mol. The number of nitrogens with zero attached hydrogens (tertiary/aromatic N) is 4. The van der Waals surface area contributed by atoms with Crippen LogP contribution in [0.15, 0.2) is 42.7 Å². The third-order valence-corrected chi connectivity index (χ3v) is 2.55. The monoisotopic (exact) mass is 238 g/mol. The van der Waals surface area contributed by atoms with Gasteiger partial charge in [0.15, 0.2) is 0 Å². The van der Waals surface area contributed by atoms with Crippen LogP contribution in [0.2, 0.25) is 0 Å². The maximum Gasteiger partial charge on any atom is 0.140 e. The Balaban J connectivity index is 1.99. The Morgan fingerprint density at radius 1 is 1.17 bits per heavy atom. The summed E-state index contributed by atoms with van der Waals surface area (Å²) in [6, 6.07) is 11.7. The van der Waals surface area contributed by atoms with Gasteiger partial charge in [0.05, 0.1) is 5.69 Å². The van der Waals surface area contributed by atoms with E-state index in [-0.39, 0.29) is 0 Å². The van der Waals surface area contributed by atoms with Gasteiger partial charge in [-0.1, -0.05) is 6.07 Å². The van der Waals surface area contributed by atoms with Crippen molar-refractivity contribution in [1.29, 1.82) is 5.26 Å². The lowest BCUT2D eigenvalue weighted by molar-refractivity contribution is 0.315. The van der Waals surface area contributed by atoms with Crippen molar-refractivity contribution in [3.05, 3.63) is 59.7 Å². The van der Waals surface area contributed by atoms with Crippen molar-refractivity contribution >= 4 is 0 Å². The molecule has 0 aromatic carbocycles. The molecule has 2 aromatic heterocycles. The average Bonchev–Trinajstić information content (AvgIpc) is 2.40. The Bertz CT molecular complexity index is 545. The highest BCUT2D eigenvalue weighted by Gasteiger charge is 2.03. The first kappa shape index (κ1) is 12.2. The molecule has 0 saturated carbocycles. The largest absolute Gasteiger partial charge is 0.296 e. The molecule has 0 amide bonds. The highest BCUT2D eigenvalue weighted by molar-refractivity contribution is 5.25. The smallest absolute Gasteiger partial charge is 0.140 e. The standard InChI is InChI=1S/C14H14N4/c1-18(11-13-4-2-3-6-16-13)10-12-5-7-17-14(8-12)9-15/h2-8H,10-11H2,1H3. The number of hydrogen-bond donors (Lipinski definition) is 0. The van der Waals surface area contributed by atoms with E-state index in [9.17, 15) is 0 Å². The topological polar surface area (TPSA) is 52.8 Å². The van der Waals surface area contributed by atoms with Gasteiger partial charge < -0.3 is 0 Å². The van der Waals surface area contributed by atoms with E-state index < -0.39 is 0 Å². The van der Waals surface area contributed by atoms with Crippen molar-refractivity contribution in [3.8, 4) is 6.07 Å². The summed E-state index contributed by atoms with van der Waals surface area (Å²) in [5.41, 5.74) is 2.58. The van der Waals surface area contributed by atoms with E-state index in [1.165, 1.54) is 0 Å². The first-order valence-corrected chi connectivity index (χ1v) is 5.71. The minimum Gasteiger partial charge on any atom is -0.296 e. The molecule has 0 fully saturated rings. The molecule has 0 bridgehead atoms. The summed E-state index contributed by atoms with van der Waals surface area (Å²) in [4.78, 5) is 10.4. The zero-order valence-electron chi connectivity index (χ0n) is 10.2. The minimum absolute atomic E-state index is 0.457. The molecule has 2 heterocycles. The van der Waals surface area contributed by atoms with E-state index >= 15 is 0 Å². The van der Waals surface area contributed by atoms with Crippen molar-refractivity contribution < 1.29 is 0 Å². The molecule has 4 heteroatoms. The molecule has 0 radical (unpaired) electrons. The fraction of sp³-hybridized carbons (Fsp3) is 0.214. The van der Waals surface area contributed by atoms with Gasteiger partial charge >= 0.3 is 0 Å². The van der Waals surface area contributed by atoms with E-state index in [1.54, 1.807) is 12.4 Å². The number of nitriles is 1. The lowest BCUT2D eigenvalue weighted by Crippen LogP contribution is -2.18. The quantitative estimate of drug-likeness (QED) is 0.817. The summed E-state index contributed by atoms with van der Waals surface area (Å²) < 4.78 is 0. The van der Waals surface area contributed by atoms with Crippen LogP contribution in [0.25, 0.3) is 0 Å². The zero-order chi connectivity index (χ0) is 12.8. The van der Waals surface area contributed by atoms with Gasteiger partial charge in [-0.15, -0.1) is 0 Å². The molecular formula is C14H14N4. The van der Waals surface area contributed by atoms with Gasteiger partial charge in [0.25, 0.3) is 0 Å². The third-order valence-electron chi connectivity index (χ3n) is 2.55. The fourth-order valence-corrected chi connectivity index (χ4v) is 1.77. The molecule has 0 atom stereocenters. The Kier molecular flexibility index (Phi) is 4.00. The van der Waals surface area contributed by atoms with Gasteiger partial charge in [-0.05, 0) is 36.9 Å².